The number of nitrogen functional groups attached to an aromatic ring is 1. The molecule has 6 heteroatoms. The van der Waals surface area contributed by atoms with E-state index in [1.54, 1.807) is 7.11 Å². The third-order valence-electron chi connectivity index (χ3n) is 3.68. The minimum absolute atomic E-state index is 0.499. The van der Waals surface area contributed by atoms with Gasteiger partial charge in [0.25, 0.3) is 0 Å². The molecule has 21 heavy (non-hydrogen) atoms. The minimum Gasteiger partial charge on any atom is -0.496 e. The van der Waals surface area contributed by atoms with Gasteiger partial charge in [0.15, 0.2) is 5.65 Å². The van der Waals surface area contributed by atoms with E-state index in [0.29, 0.717) is 12.5 Å². The Balaban J connectivity index is 2.12. The third kappa shape index (κ3) is 2.12. The summed E-state index contributed by atoms with van der Waals surface area (Å²) in [6.45, 7) is 2.67. The maximum Gasteiger partial charge on any atom is 0.202 e. The average Bonchev–Trinajstić information content (AvgIpc) is 2.97. The molecule has 3 aromatic rings. The number of para-hydroxylation sites is 1. The van der Waals surface area contributed by atoms with Crippen molar-refractivity contribution in [3.63, 3.8) is 0 Å². The topological polar surface area (TPSA) is 70.9 Å². The maximum atomic E-state index is 6.10. The fraction of sp³-hybridized carbons (Fsp3) is 0.333. The molecule has 0 spiro atoms. The zero-order valence-electron chi connectivity index (χ0n) is 12.5. The molecule has 110 valence electrons. The number of aryl methyl sites for hydroxylation is 2. The number of aromatic nitrogens is 4. The van der Waals surface area contributed by atoms with Gasteiger partial charge in [-0.25, -0.2) is 4.98 Å². The van der Waals surface area contributed by atoms with E-state index in [1.165, 1.54) is 0 Å². The quantitative estimate of drug-likeness (QED) is 0.795. The molecule has 0 atom stereocenters. The summed E-state index contributed by atoms with van der Waals surface area (Å²) in [5.41, 5.74) is 9.95. The summed E-state index contributed by atoms with van der Waals surface area (Å²) in [5, 5.41) is 4.50. The Morgan fingerprint density at radius 2 is 2.05 bits per heavy atom. The first-order chi connectivity index (χ1) is 10.2. The van der Waals surface area contributed by atoms with E-state index in [9.17, 15) is 0 Å². The molecule has 2 heterocycles. The predicted octanol–water partition coefficient (Wildman–Crippen LogP) is 1.97. The van der Waals surface area contributed by atoms with Crippen molar-refractivity contribution in [1.29, 1.82) is 0 Å². The summed E-state index contributed by atoms with van der Waals surface area (Å²) in [6.07, 6.45) is 0.836. The zero-order chi connectivity index (χ0) is 15.0. The molecular formula is C15H19N5O. The van der Waals surface area contributed by atoms with Crippen LogP contribution in [-0.2, 0) is 20.0 Å². The molecule has 0 aliphatic heterocycles. The number of rotatable bonds is 4. The van der Waals surface area contributed by atoms with Gasteiger partial charge in [0.05, 0.1) is 19.3 Å². The molecule has 0 amide bonds. The largest absolute Gasteiger partial charge is 0.496 e. The van der Waals surface area contributed by atoms with Crippen molar-refractivity contribution in [2.75, 3.05) is 12.8 Å². The van der Waals surface area contributed by atoms with Crippen LogP contribution in [0.4, 0.5) is 5.95 Å². The Hall–Kier alpha value is -2.50. The lowest BCUT2D eigenvalue weighted by Crippen LogP contribution is -2.08. The van der Waals surface area contributed by atoms with E-state index < -0.39 is 0 Å². The molecular weight excluding hydrogens is 266 g/mol. The van der Waals surface area contributed by atoms with Crippen molar-refractivity contribution >= 4 is 17.1 Å². The van der Waals surface area contributed by atoms with Crippen LogP contribution >= 0.6 is 0 Å². The zero-order valence-corrected chi connectivity index (χ0v) is 12.5. The van der Waals surface area contributed by atoms with Crippen LogP contribution in [0.2, 0.25) is 0 Å². The maximum absolute atomic E-state index is 6.10. The first-order valence-corrected chi connectivity index (χ1v) is 6.95. The van der Waals surface area contributed by atoms with Crippen molar-refractivity contribution in [1.82, 2.24) is 19.3 Å². The smallest absolute Gasteiger partial charge is 0.202 e. The average molecular weight is 285 g/mol. The van der Waals surface area contributed by atoms with Gasteiger partial charge in [0.1, 0.15) is 11.3 Å². The van der Waals surface area contributed by atoms with E-state index in [2.05, 4.69) is 17.0 Å². The van der Waals surface area contributed by atoms with Gasteiger partial charge in [-0.3, -0.25) is 9.25 Å². The molecule has 6 nitrogen and oxygen atoms in total. The Morgan fingerprint density at radius 1 is 1.29 bits per heavy atom. The number of nitrogens with two attached hydrogens (primary N) is 1. The normalized spacial score (nSPS) is 11.2. The highest BCUT2D eigenvalue weighted by Crippen LogP contribution is 2.25. The van der Waals surface area contributed by atoms with Gasteiger partial charge in [-0.1, -0.05) is 25.1 Å². The van der Waals surface area contributed by atoms with Gasteiger partial charge in [-0.2, -0.15) is 5.10 Å². The molecule has 0 bridgehead atoms. The van der Waals surface area contributed by atoms with Crippen LogP contribution in [-0.4, -0.2) is 26.4 Å². The molecule has 3 rings (SSSR count). The Bertz CT molecular complexity index is 787. The molecule has 0 radical (unpaired) electrons. The Labute approximate surface area is 123 Å². The van der Waals surface area contributed by atoms with Crippen LogP contribution in [0.15, 0.2) is 24.3 Å². The molecule has 2 N–H and O–H groups in total. The van der Waals surface area contributed by atoms with Crippen LogP contribution in [0.25, 0.3) is 11.2 Å². The van der Waals surface area contributed by atoms with Gasteiger partial charge in [0.2, 0.25) is 5.95 Å². The van der Waals surface area contributed by atoms with Crippen molar-refractivity contribution in [3.05, 3.63) is 35.5 Å². The lowest BCUT2D eigenvalue weighted by molar-refractivity contribution is 0.408. The van der Waals surface area contributed by atoms with Crippen LogP contribution in [0.3, 0.4) is 0 Å². The molecule has 2 aromatic heterocycles. The lowest BCUT2D eigenvalue weighted by atomic mass is 10.2. The second kappa shape index (κ2) is 5.12. The monoisotopic (exact) mass is 285 g/mol. The lowest BCUT2D eigenvalue weighted by Gasteiger charge is -2.10. The third-order valence-corrected chi connectivity index (χ3v) is 3.68. The van der Waals surface area contributed by atoms with E-state index in [0.717, 1.165) is 34.6 Å². The number of anilines is 1. The predicted molar refractivity (Wildman–Crippen MR) is 82.4 cm³/mol. The molecule has 0 aliphatic carbocycles. The SMILES string of the molecule is CCc1nn(C)c2c1nc(N)n2Cc1ccccc1OC. The number of methoxy groups -OCH3 is 1. The van der Waals surface area contributed by atoms with Gasteiger partial charge >= 0.3 is 0 Å². The number of nitrogens with zero attached hydrogens (tertiary/aromatic N) is 4. The fourth-order valence-corrected chi connectivity index (χ4v) is 2.66. The van der Waals surface area contributed by atoms with Crippen molar-refractivity contribution < 1.29 is 4.74 Å². The van der Waals surface area contributed by atoms with Crippen LogP contribution in [0.5, 0.6) is 5.75 Å². The molecule has 0 aliphatic rings. The summed E-state index contributed by atoms with van der Waals surface area (Å²) < 4.78 is 9.22. The summed E-state index contributed by atoms with van der Waals surface area (Å²) in [4.78, 5) is 4.47. The highest BCUT2D eigenvalue weighted by Gasteiger charge is 2.17. The van der Waals surface area contributed by atoms with E-state index in [-0.39, 0.29) is 0 Å². The molecule has 0 saturated heterocycles. The number of benzene rings is 1. The van der Waals surface area contributed by atoms with E-state index in [4.69, 9.17) is 10.5 Å². The first kappa shape index (κ1) is 13.5. The number of hydrogen-bond acceptors (Lipinski definition) is 4. The van der Waals surface area contributed by atoms with Gasteiger partial charge in [0, 0.05) is 12.6 Å². The fourth-order valence-electron chi connectivity index (χ4n) is 2.66. The van der Waals surface area contributed by atoms with Gasteiger partial charge in [-0.05, 0) is 12.5 Å². The minimum atomic E-state index is 0.499. The van der Waals surface area contributed by atoms with E-state index in [1.807, 2.05) is 40.6 Å². The summed E-state index contributed by atoms with van der Waals surface area (Å²) in [6, 6.07) is 7.92. The Morgan fingerprint density at radius 3 is 2.76 bits per heavy atom. The number of ether oxygens (including phenoxy) is 1. The molecule has 0 fully saturated rings. The second-order valence-corrected chi connectivity index (χ2v) is 4.96. The Kier molecular flexibility index (Phi) is 3.29. The van der Waals surface area contributed by atoms with Crippen molar-refractivity contribution in [3.8, 4) is 5.75 Å². The summed E-state index contributed by atoms with van der Waals surface area (Å²) in [5.74, 6) is 1.34. The van der Waals surface area contributed by atoms with Crippen LogP contribution < -0.4 is 10.5 Å². The van der Waals surface area contributed by atoms with Crippen molar-refractivity contribution in [2.24, 2.45) is 7.05 Å². The first-order valence-electron chi connectivity index (χ1n) is 6.95. The number of hydrogen-bond donors (Lipinski definition) is 1. The summed E-state index contributed by atoms with van der Waals surface area (Å²) in [7, 11) is 3.59. The summed E-state index contributed by atoms with van der Waals surface area (Å²) >= 11 is 0. The van der Waals surface area contributed by atoms with E-state index >= 15 is 0 Å². The van der Waals surface area contributed by atoms with Crippen molar-refractivity contribution in [2.45, 2.75) is 19.9 Å². The number of fused-ring (bicyclic) bond motifs is 1. The standard InChI is InChI=1S/C15H19N5O/c1-4-11-13-14(19(2)18-11)20(15(16)17-13)9-10-7-5-6-8-12(10)21-3/h5-8H,4,9H2,1-3H3,(H2,16,17). The van der Waals surface area contributed by atoms with Gasteiger partial charge in [-0.15, -0.1) is 0 Å². The molecule has 1 aromatic carbocycles. The van der Waals surface area contributed by atoms with Crippen LogP contribution in [0.1, 0.15) is 18.2 Å². The number of imidazole rings is 1. The van der Waals surface area contributed by atoms with Crippen LogP contribution in [0, 0.1) is 0 Å². The highest BCUT2D eigenvalue weighted by atomic mass is 16.5. The highest BCUT2D eigenvalue weighted by molar-refractivity contribution is 5.78. The molecule has 0 saturated carbocycles. The molecule has 0 unspecified atom stereocenters. The van der Waals surface area contributed by atoms with Gasteiger partial charge < -0.3 is 10.5 Å². The second-order valence-electron chi connectivity index (χ2n) is 4.96.